The summed E-state index contributed by atoms with van der Waals surface area (Å²) in [6, 6.07) is 3.10. The van der Waals surface area contributed by atoms with Crippen LogP contribution in [0.25, 0.3) is 11.0 Å². The predicted octanol–water partition coefficient (Wildman–Crippen LogP) is 2.32. The second-order valence-electron chi connectivity index (χ2n) is 4.02. The minimum absolute atomic E-state index is 0.0671. The third-order valence-corrected chi connectivity index (χ3v) is 3.68. The van der Waals surface area contributed by atoms with Crippen molar-refractivity contribution in [1.82, 2.24) is 15.0 Å². The van der Waals surface area contributed by atoms with E-state index < -0.39 is 11.9 Å². The van der Waals surface area contributed by atoms with Crippen LogP contribution < -0.4 is 4.74 Å². The molecule has 1 atom stereocenters. The van der Waals surface area contributed by atoms with Crippen molar-refractivity contribution in [1.29, 1.82) is 0 Å². The van der Waals surface area contributed by atoms with E-state index in [4.69, 9.17) is 4.74 Å². The molecule has 1 unspecified atom stereocenters. The van der Waals surface area contributed by atoms with Crippen LogP contribution in [-0.2, 0) is 0 Å². The summed E-state index contributed by atoms with van der Waals surface area (Å²) in [6.07, 6.45) is 1.86. The molecule has 5 nitrogen and oxygen atoms in total. The Morgan fingerprint density at radius 1 is 1.35 bits per heavy atom. The lowest BCUT2D eigenvalue weighted by atomic mass is 10.1. The number of hydrogen-bond donors (Lipinski definition) is 1. The summed E-state index contributed by atoms with van der Waals surface area (Å²) in [5.74, 6) is -0.395. The van der Waals surface area contributed by atoms with Crippen molar-refractivity contribution < 1.29 is 14.2 Å². The van der Waals surface area contributed by atoms with Gasteiger partial charge in [-0.2, -0.15) is 0 Å². The van der Waals surface area contributed by atoms with Crippen molar-refractivity contribution in [3.63, 3.8) is 0 Å². The molecule has 0 fully saturated rings. The fourth-order valence-corrected chi connectivity index (χ4v) is 2.50. The summed E-state index contributed by atoms with van der Waals surface area (Å²) in [5, 5.41) is 12.3. The second kappa shape index (κ2) is 5.10. The molecule has 1 N–H and O–H groups in total. The molecule has 0 saturated carbocycles. The maximum absolute atomic E-state index is 14.5. The number of methoxy groups -OCH3 is 1. The number of halogens is 1. The Morgan fingerprint density at radius 3 is 2.90 bits per heavy atom. The smallest absolute Gasteiger partial charge is 0.232 e. The highest BCUT2D eigenvalue weighted by molar-refractivity contribution is 7.09. The molecule has 0 spiro atoms. The summed E-state index contributed by atoms with van der Waals surface area (Å²) in [6.45, 7) is 0. The summed E-state index contributed by atoms with van der Waals surface area (Å²) in [7, 11) is 1.43. The highest BCUT2D eigenvalue weighted by Crippen LogP contribution is 2.29. The average Bonchev–Trinajstić information content (AvgIpc) is 3.01. The van der Waals surface area contributed by atoms with E-state index in [2.05, 4.69) is 15.0 Å². The zero-order valence-corrected chi connectivity index (χ0v) is 11.3. The van der Waals surface area contributed by atoms with Crippen molar-refractivity contribution in [3.05, 3.63) is 46.3 Å². The predicted molar refractivity (Wildman–Crippen MR) is 72.2 cm³/mol. The third-order valence-electron chi connectivity index (χ3n) is 2.85. The van der Waals surface area contributed by atoms with Gasteiger partial charge in [-0.15, -0.1) is 11.3 Å². The molecular weight excluding hydrogens is 281 g/mol. The van der Waals surface area contributed by atoms with Crippen LogP contribution in [0.4, 0.5) is 4.39 Å². The molecule has 0 amide bonds. The van der Waals surface area contributed by atoms with Crippen LogP contribution >= 0.6 is 11.3 Å². The number of benzene rings is 1. The first-order valence-electron chi connectivity index (χ1n) is 5.77. The Morgan fingerprint density at radius 2 is 2.20 bits per heavy atom. The largest absolute Gasteiger partial charge is 0.480 e. The van der Waals surface area contributed by atoms with Gasteiger partial charge in [0.1, 0.15) is 16.6 Å². The van der Waals surface area contributed by atoms with Gasteiger partial charge < -0.3 is 9.84 Å². The number of aromatic nitrogens is 3. The molecule has 0 aliphatic heterocycles. The van der Waals surface area contributed by atoms with E-state index >= 15 is 0 Å². The van der Waals surface area contributed by atoms with Crippen LogP contribution in [0.1, 0.15) is 16.7 Å². The first kappa shape index (κ1) is 12.9. The summed E-state index contributed by atoms with van der Waals surface area (Å²) >= 11 is 1.26. The van der Waals surface area contributed by atoms with E-state index in [1.54, 1.807) is 17.6 Å². The van der Waals surface area contributed by atoms with Crippen LogP contribution in [0.3, 0.4) is 0 Å². The first-order valence-corrected chi connectivity index (χ1v) is 6.65. The molecular formula is C13H10FN3O2S. The average molecular weight is 291 g/mol. The van der Waals surface area contributed by atoms with Crippen molar-refractivity contribution in [2.24, 2.45) is 0 Å². The molecule has 0 saturated heterocycles. The molecule has 0 aliphatic rings. The Bertz CT molecular complexity index is 749. The number of aliphatic hydroxyl groups is 1. The Labute approximate surface area is 117 Å². The lowest BCUT2D eigenvalue weighted by Gasteiger charge is -2.10. The molecule has 3 rings (SSSR count). The van der Waals surface area contributed by atoms with E-state index in [1.165, 1.54) is 30.7 Å². The third kappa shape index (κ3) is 2.10. The topological polar surface area (TPSA) is 68.1 Å². The maximum atomic E-state index is 14.5. The van der Waals surface area contributed by atoms with Crippen LogP contribution in [0.15, 0.2) is 29.9 Å². The van der Waals surface area contributed by atoms with Gasteiger partial charge in [-0.1, -0.05) is 6.07 Å². The summed E-state index contributed by atoms with van der Waals surface area (Å²) in [4.78, 5) is 12.1. The van der Waals surface area contributed by atoms with E-state index in [-0.39, 0.29) is 17.0 Å². The van der Waals surface area contributed by atoms with Crippen molar-refractivity contribution >= 4 is 22.4 Å². The summed E-state index contributed by atoms with van der Waals surface area (Å²) in [5.41, 5.74) is 0.589. The number of nitrogens with zero attached hydrogens (tertiary/aromatic N) is 3. The zero-order valence-electron chi connectivity index (χ0n) is 10.4. The molecule has 102 valence electrons. The standard InChI is InChI=1S/C13H10FN3O2S/c1-19-9-6-16-8-3-2-7(10(14)11(8)17-9)12(18)13-15-4-5-20-13/h2-6,12,18H,1H3. The fraction of sp³-hybridized carbons (Fsp3) is 0.154. The highest BCUT2D eigenvalue weighted by Gasteiger charge is 2.20. The number of rotatable bonds is 3. The zero-order chi connectivity index (χ0) is 14.1. The number of hydrogen-bond acceptors (Lipinski definition) is 6. The minimum atomic E-state index is -1.12. The Balaban J connectivity index is 2.15. The second-order valence-corrected chi connectivity index (χ2v) is 4.95. The van der Waals surface area contributed by atoms with Gasteiger partial charge in [-0.25, -0.2) is 19.3 Å². The SMILES string of the molecule is COc1cnc2ccc(C(O)c3nccs3)c(F)c2n1. The molecule has 1 aromatic carbocycles. The van der Waals surface area contributed by atoms with Gasteiger partial charge in [0.05, 0.1) is 18.8 Å². The first-order chi connectivity index (χ1) is 9.70. The van der Waals surface area contributed by atoms with E-state index in [0.29, 0.717) is 10.5 Å². The van der Waals surface area contributed by atoms with Gasteiger partial charge in [-0.3, -0.25) is 0 Å². The Kier molecular flexibility index (Phi) is 3.29. The van der Waals surface area contributed by atoms with Crippen LogP contribution in [0.2, 0.25) is 0 Å². The number of aliphatic hydroxyl groups excluding tert-OH is 1. The van der Waals surface area contributed by atoms with Gasteiger partial charge >= 0.3 is 0 Å². The van der Waals surface area contributed by atoms with Gasteiger partial charge in [0, 0.05) is 17.1 Å². The number of fused-ring (bicyclic) bond motifs is 1. The number of thiazole rings is 1. The van der Waals surface area contributed by atoms with Crippen molar-refractivity contribution in [2.75, 3.05) is 7.11 Å². The van der Waals surface area contributed by atoms with E-state index in [0.717, 1.165) is 0 Å². The normalized spacial score (nSPS) is 12.6. The lowest BCUT2D eigenvalue weighted by Crippen LogP contribution is -2.04. The monoisotopic (exact) mass is 291 g/mol. The van der Waals surface area contributed by atoms with E-state index in [9.17, 15) is 9.50 Å². The van der Waals surface area contributed by atoms with E-state index in [1.807, 2.05) is 0 Å². The minimum Gasteiger partial charge on any atom is -0.480 e. The van der Waals surface area contributed by atoms with Gasteiger partial charge in [-0.05, 0) is 6.07 Å². The van der Waals surface area contributed by atoms with Crippen LogP contribution in [0.5, 0.6) is 5.88 Å². The Hall–Kier alpha value is -2.12. The molecule has 2 heterocycles. The molecule has 0 radical (unpaired) electrons. The van der Waals surface area contributed by atoms with Crippen LogP contribution in [-0.4, -0.2) is 27.2 Å². The van der Waals surface area contributed by atoms with Gasteiger partial charge in [0.2, 0.25) is 5.88 Å². The molecule has 0 bridgehead atoms. The lowest BCUT2D eigenvalue weighted by molar-refractivity contribution is 0.215. The molecule has 20 heavy (non-hydrogen) atoms. The van der Waals surface area contributed by atoms with Crippen LogP contribution in [0, 0.1) is 5.82 Å². The quantitative estimate of drug-likeness (QED) is 0.802. The highest BCUT2D eigenvalue weighted by atomic mass is 32.1. The molecule has 7 heteroatoms. The summed E-state index contributed by atoms with van der Waals surface area (Å²) < 4.78 is 19.4. The van der Waals surface area contributed by atoms with Crippen molar-refractivity contribution in [3.8, 4) is 5.88 Å². The van der Waals surface area contributed by atoms with Gasteiger partial charge in [0.15, 0.2) is 5.82 Å². The number of ether oxygens (including phenoxy) is 1. The molecule has 3 aromatic rings. The molecule has 2 aromatic heterocycles. The van der Waals surface area contributed by atoms with Crippen molar-refractivity contribution in [2.45, 2.75) is 6.10 Å². The maximum Gasteiger partial charge on any atom is 0.232 e. The molecule has 0 aliphatic carbocycles. The fourth-order valence-electron chi connectivity index (χ4n) is 1.86. The van der Waals surface area contributed by atoms with Gasteiger partial charge in [0.25, 0.3) is 0 Å².